The largest absolute Gasteiger partial charge is 0.350 e. The van der Waals surface area contributed by atoms with Crippen molar-refractivity contribution in [3.05, 3.63) is 69.4 Å². The topological polar surface area (TPSA) is 64.7 Å². The number of hydrogen-bond acceptors (Lipinski definition) is 5. The zero-order chi connectivity index (χ0) is 27.9. The van der Waals surface area contributed by atoms with Gasteiger partial charge in [-0.3, -0.25) is 9.59 Å². The molecule has 2 amide bonds. The quantitative estimate of drug-likeness (QED) is 0.313. The molecule has 0 unspecified atom stereocenters. The van der Waals surface area contributed by atoms with Gasteiger partial charge in [-0.05, 0) is 103 Å². The van der Waals surface area contributed by atoms with E-state index in [0.29, 0.717) is 29.6 Å². The number of halogens is 1. The van der Waals surface area contributed by atoms with Crippen LogP contribution in [0.2, 0.25) is 5.02 Å². The normalized spacial score (nSPS) is 21.4. The molecule has 2 aliphatic rings. The first-order valence-corrected chi connectivity index (χ1v) is 16.1. The zero-order valence-electron chi connectivity index (χ0n) is 23.4. The highest BCUT2D eigenvalue weighted by atomic mass is 35.5. The van der Waals surface area contributed by atoms with E-state index >= 15 is 0 Å². The Bertz CT molecular complexity index is 1280. The monoisotopic (exact) mass is 580 g/mol. The molecule has 5 rings (SSSR count). The lowest BCUT2D eigenvalue weighted by atomic mass is 9.98. The van der Waals surface area contributed by atoms with Gasteiger partial charge in [-0.15, -0.1) is 0 Å². The Balaban J connectivity index is 1.25. The Morgan fingerprint density at radius 3 is 2.67 bits per heavy atom. The molecule has 0 saturated carbocycles. The molecule has 214 valence electrons. The molecule has 0 aliphatic carbocycles. The molecule has 2 aliphatic heterocycles. The minimum absolute atomic E-state index is 0.0322. The summed E-state index contributed by atoms with van der Waals surface area (Å²) < 4.78 is 0. The summed E-state index contributed by atoms with van der Waals surface area (Å²) in [5.74, 6) is 0.448. The van der Waals surface area contributed by atoms with Crippen LogP contribution < -0.4 is 10.6 Å². The fraction of sp³-hybridized carbons (Fsp3) is 0.500. The molecule has 0 bridgehead atoms. The van der Waals surface area contributed by atoms with Crippen LogP contribution in [0.1, 0.15) is 67.3 Å². The molecule has 0 spiro atoms. The smallest absolute Gasteiger partial charge is 0.251 e. The number of nitrogens with one attached hydrogen (secondary N) is 2. The minimum Gasteiger partial charge on any atom is -0.350 e. The second-order valence-electron chi connectivity index (χ2n) is 11.3. The van der Waals surface area contributed by atoms with Gasteiger partial charge in [-0.25, -0.2) is 0 Å². The highest BCUT2D eigenvalue weighted by Gasteiger charge is 2.32. The van der Waals surface area contributed by atoms with Crippen LogP contribution in [-0.2, 0) is 4.79 Å². The zero-order valence-corrected chi connectivity index (χ0v) is 25.0. The second-order valence-corrected chi connectivity index (χ2v) is 12.5. The fourth-order valence-electron chi connectivity index (χ4n) is 6.04. The van der Waals surface area contributed by atoms with Gasteiger partial charge in [0.05, 0.1) is 6.04 Å². The molecule has 3 aromatic rings. The van der Waals surface area contributed by atoms with E-state index in [1.807, 2.05) is 36.4 Å². The molecular weight excluding hydrogens is 540 g/mol. The summed E-state index contributed by atoms with van der Waals surface area (Å²) in [6, 6.07) is 13.4. The van der Waals surface area contributed by atoms with Gasteiger partial charge in [-0.1, -0.05) is 37.1 Å². The Labute approximate surface area is 247 Å². The Kier molecular flexibility index (Phi) is 10.1. The van der Waals surface area contributed by atoms with Crippen LogP contribution in [0.3, 0.4) is 0 Å². The molecule has 2 saturated heterocycles. The van der Waals surface area contributed by atoms with Crippen molar-refractivity contribution in [1.29, 1.82) is 0 Å². The van der Waals surface area contributed by atoms with Crippen molar-refractivity contribution in [2.24, 2.45) is 0 Å². The number of nitrogens with zero attached hydrogens (tertiary/aromatic N) is 2. The fourth-order valence-corrected chi connectivity index (χ4v) is 6.97. The average molecular weight is 581 g/mol. The summed E-state index contributed by atoms with van der Waals surface area (Å²) in [6.45, 7) is 7.31. The van der Waals surface area contributed by atoms with Crippen LogP contribution in [-0.4, -0.2) is 73.0 Å². The van der Waals surface area contributed by atoms with Gasteiger partial charge in [0.2, 0.25) is 5.91 Å². The van der Waals surface area contributed by atoms with Crippen molar-refractivity contribution in [3.63, 3.8) is 0 Å². The number of likely N-dealkylation sites (tertiary alicyclic amines) is 1. The molecule has 2 aromatic carbocycles. The van der Waals surface area contributed by atoms with Crippen molar-refractivity contribution in [1.82, 2.24) is 20.4 Å². The third-order valence-electron chi connectivity index (χ3n) is 8.50. The molecule has 1 aromatic heterocycles. The number of hydrogen-bond donors (Lipinski definition) is 2. The maximum Gasteiger partial charge on any atom is 0.251 e. The number of rotatable bonds is 10. The maximum atomic E-state index is 13.8. The lowest BCUT2D eigenvalue weighted by molar-refractivity contribution is -0.133. The highest BCUT2D eigenvalue weighted by Crippen LogP contribution is 2.25. The van der Waals surface area contributed by atoms with E-state index in [0.717, 1.165) is 56.2 Å². The van der Waals surface area contributed by atoms with E-state index in [9.17, 15) is 9.59 Å². The summed E-state index contributed by atoms with van der Waals surface area (Å²) in [5, 5.41) is 13.8. The van der Waals surface area contributed by atoms with Gasteiger partial charge in [-0.2, -0.15) is 11.3 Å². The standard InChI is InChI=1S/C32H41ClN4O2S/c1-2-23(27-12-17-40-22-27)21-37-16-10-29(35-30(32(37)39)11-15-36-13-4-3-5-14-36)20-34-31(38)26-7-6-25-19-28(33)9-8-24(25)18-26/h6-9,12,17-19,22-23,29-30,35H,2-5,10-11,13-16,20-21H2,1H3,(H,34,38)/t23-,29-,30-/m0/s1. The van der Waals surface area contributed by atoms with E-state index in [4.69, 9.17) is 11.6 Å². The third-order valence-corrected chi connectivity index (χ3v) is 9.44. The Hall–Kier alpha value is -2.45. The molecule has 6 nitrogen and oxygen atoms in total. The predicted molar refractivity (Wildman–Crippen MR) is 165 cm³/mol. The van der Waals surface area contributed by atoms with E-state index in [-0.39, 0.29) is 23.9 Å². The minimum atomic E-state index is -0.239. The van der Waals surface area contributed by atoms with Crippen LogP contribution in [0.5, 0.6) is 0 Å². The van der Waals surface area contributed by atoms with Crippen molar-refractivity contribution in [2.75, 3.05) is 39.3 Å². The van der Waals surface area contributed by atoms with Gasteiger partial charge in [0.15, 0.2) is 0 Å². The van der Waals surface area contributed by atoms with Crippen molar-refractivity contribution in [3.8, 4) is 0 Å². The third kappa shape index (κ3) is 7.43. The van der Waals surface area contributed by atoms with E-state index in [2.05, 4.69) is 44.2 Å². The first-order chi connectivity index (χ1) is 19.5. The lowest BCUT2D eigenvalue weighted by Crippen LogP contribution is -2.50. The van der Waals surface area contributed by atoms with Crippen LogP contribution in [0.4, 0.5) is 0 Å². The first-order valence-electron chi connectivity index (χ1n) is 14.8. The van der Waals surface area contributed by atoms with Crippen molar-refractivity contribution < 1.29 is 9.59 Å². The van der Waals surface area contributed by atoms with Crippen LogP contribution in [0.25, 0.3) is 10.8 Å². The number of fused-ring (bicyclic) bond motifs is 1. The van der Waals surface area contributed by atoms with Gasteiger partial charge in [0.25, 0.3) is 5.91 Å². The summed E-state index contributed by atoms with van der Waals surface area (Å²) >= 11 is 7.83. The van der Waals surface area contributed by atoms with Crippen molar-refractivity contribution >= 4 is 45.5 Å². The molecule has 8 heteroatoms. The van der Waals surface area contributed by atoms with Gasteiger partial charge >= 0.3 is 0 Å². The number of benzene rings is 2. The van der Waals surface area contributed by atoms with E-state index < -0.39 is 0 Å². The number of carbonyl (C=O) groups excluding carboxylic acids is 2. The summed E-state index contributed by atoms with van der Waals surface area (Å²) in [5.41, 5.74) is 1.95. The molecule has 3 atom stereocenters. The van der Waals surface area contributed by atoms with E-state index in [1.54, 1.807) is 11.3 Å². The summed E-state index contributed by atoms with van der Waals surface area (Å²) in [4.78, 5) is 31.5. The lowest BCUT2D eigenvalue weighted by Gasteiger charge is -2.31. The van der Waals surface area contributed by atoms with E-state index in [1.165, 1.54) is 24.8 Å². The summed E-state index contributed by atoms with van der Waals surface area (Å²) in [6.07, 6.45) is 6.40. The van der Waals surface area contributed by atoms with Gasteiger partial charge < -0.3 is 20.4 Å². The number of amides is 2. The number of carbonyl (C=O) groups is 2. The molecule has 0 radical (unpaired) electrons. The van der Waals surface area contributed by atoms with Gasteiger partial charge in [0, 0.05) is 48.7 Å². The molecule has 2 N–H and O–H groups in total. The van der Waals surface area contributed by atoms with Crippen LogP contribution >= 0.6 is 22.9 Å². The molecule has 40 heavy (non-hydrogen) atoms. The number of thiophene rings is 1. The second kappa shape index (κ2) is 13.9. The SMILES string of the molecule is CC[C@@H](CN1CC[C@@H](CNC(=O)c2ccc3cc(Cl)ccc3c2)N[C@@H](CCN2CCCCC2)C1=O)c1ccsc1. The molecular formula is C32H41ClN4O2S. The Morgan fingerprint density at radius 1 is 1.10 bits per heavy atom. The van der Waals surface area contributed by atoms with Crippen LogP contribution in [0.15, 0.2) is 53.2 Å². The van der Waals surface area contributed by atoms with Crippen molar-refractivity contribution in [2.45, 2.75) is 63.5 Å². The first kappa shape index (κ1) is 29.1. The Morgan fingerprint density at radius 2 is 1.90 bits per heavy atom. The number of piperidine rings is 1. The molecule has 2 fully saturated rings. The van der Waals surface area contributed by atoms with Crippen LogP contribution in [0, 0.1) is 0 Å². The predicted octanol–water partition coefficient (Wildman–Crippen LogP) is 5.91. The molecule has 3 heterocycles. The average Bonchev–Trinajstić information content (AvgIpc) is 3.47. The van der Waals surface area contributed by atoms with Gasteiger partial charge in [0.1, 0.15) is 0 Å². The summed E-state index contributed by atoms with van der Waals surface area (Å²) in [7, 11) is 0. The maximum absolute atomic E-state index is 13.8. The highest BCUT2D eigenvalue weighted by molar-refractivity contribution is 7.08.